The van der Waals surface area contributed by atoms with E-state index in [0.717, 1.165) is 17.0 Å². The molecular weight excluding hydrogens is 332 g/mol. The Balaban J connectivity index is 1.57. The van der Waals surface area contributed by atoms with Gasteiger partial charge in [-0.15, -0.1) is 0 Å². The molecule has 0 radical (unpaired) electrons. The van der Waals surface area contributed by atoms with Crippen LogP contribution in [0.5, 0.6) is 5.88 Å². The van der Waals surface area contributed by atoms with E-state index in [1.54, 1.807) is 19.1 Å². The summed E-state index contributed by atoms with van der Waals surface area (Å²) in [6.07, 6.45) is 2.05. The zero-order chi connectivity index (χ0) is 18.4. The number of hydrogen-bond donors (Lipinski definition) is 0. The van der Waals surface area contributed by atoms with Crippen LogP contribution in [0.15, 0.2) is 53.1 Å². The molecule has 0 N–H and O–H groups in total. The second kappa shape index (κ2) is 8.29. The highest BCUT2D eigenvalue weighted by molar-refractivity contribution is 5.89. The Bertz CT molecular complexity index is 857. The van der Waals surface area contributed by atoms with Crippen molar-refractivity contribution in [3.63, 3.8) is 0 Å². The van der Waals surface area contributed by atoms with Gasteiger partial charge in [-0.05, 0) is 32.0 Å². The molecule has 0 amide bonds. The van der Waals surface area contributed by atoms with Crippen molar-refractivity contribution >= 4 is 5.97 Å². The van der Waals surface area contributed by atoms with E-state index in [4.69, 9.17) is 13.9 Å². The van der Waals surface area contributed by atoms with Gasteiger partial charge in [0.15, 0.2) is 0 Å². The Morgan fingerprint density at radius 1 is 1.15 bits per heavy atom. The predicted molar refractivity (Wildman–Crippen MR) is 96.1 cm³/mol. The van der Waals surface area contributed by atoms with Crippen molar-refractivity contribution in [2.45, 2.75) is 20.3 Å². The molecule has 134 valence electrons. The van der Waals surface area contributed by atoms with Gasteiger partial charge in [-0.25, -0.2) is 14.8 Å². The van der Waals surface area contributed by atoms with Crippen LogP contribution in [0.1, 0.15) is 28.7 Å². The van der Waals surface area contributed by atoms with Crippen molar-refractivity contribution in [2.24, 2.45) is 0 Å². The number of carbonyl (C=O) groups excluding carboxylic acids is 1. The number of esters is 1. The summed E-state index contributed by atoms with van der Waals surface area (Å²) in [6, 6.07) is 13.1. The van der Waals surface area contributed by atoms with Gasteiger partial charge in [0.1, 0.15) is 5.76 Å². The lowest BCUT2D eigenvalue weighted by Gasteiger charge is -2.05. The number of nitrogens with zero attached hydrogens (tertiary/aromatic N) is 2. The highest BCUT2D eigenvalue weighted by Gasteiger charge is 2.12. The first kappa shape index (κ1) is 17.7. The predicted octanol–water partition coefficient (Wildman–Crippen LogP) is 3.84. The molecule has 0 fully saturated rings. The van der Waals surface area contributed by atoms with E-state index in [0.29, 0.717) is 37.0 Å². The van der Waals surface area contributed by atoms with Crippen molar-refractivity contribution in [3.8, 4) is 17.3 Å². The zero-order valence-electron chi connectivity index (χ0n) is 14.8. The van der Waals surface area contributed by atoms with Crippen LogP contribution in [0.2, 0.25) is 0 Å². The lowest BCUT2D eigenvalue weighted by molar-refractivity contribution is 0.0526. The number of oxazole rings is 1. The topological polar surface area (TPSA) is 74.5 Å². The molecule has 0 bridgehead atoms. The van der Waals surface area contributed by atoms with Gasteiger partial charge < -0.3 is 13.9 Å². The number of rotatable bonds is 7. The van der Waals surface area contributed by atoms with Gasteiger partial charge in [-0.1, -0.05) is 18.2 Å². The molecule has 0 spiro atoms. The summed E-state index contributed by atoms with van der Waals surface area (Å²) in [4.78, 5) is 20.3. The molecule has 0 saturated carbocycles. The first-order valence-electron chi connectivity index (χ1n) is 8.45. The van der Waals surface area contributed by atoms with Gasteiger partial charge in [0.2, 0.25) is 11.8 Å². The smallest absolute Gasteiger partial charge is 0.339 e. The van der Waals surface area contributed by atoms with Crippen molar-refractivity contribution in [3.05, 3.63) is 65.7 Å². The van der Waals surface area contributed by atoms with Crippen LogP contribution >= 0.6 is 0 Å². The number of hydrogen-bond acceptors (Lipinski definition) is 6. The SMILES string of the molecule is CCOC(=O)c1ccc(OCCc2nc(-c3ccccc3)oc2C)nc1. The van der Waals surface area contributed by atoms with Crippen molar-refractivity contribution in [2.75, 3.05) is 13.2 Å². The third-order valence-electron chi connectivity index (χ3n) is 3.75. The van der Waals surface area contributed by atoms with E-state index in [-0.39, 0.29) is 0 Å². The van der Waals surface area contributed by atoms with Crippen LogP contribution in [0.3, 0.4) is 0 Å². The largest absolute Gasteiger partial charge is 0.477 e. The number of benzene rings is 1. The van der Waals surface area contributed by atoms with Crippen molar-refractivity contribution < 1.29 is 18.7 Å². The molecule has 0 aliphatic carbocycles. The summed E-state index contributed by atoms with van der Waals surface area (Å²) < 4.78 is 16.3. The quantitative estimate of drug-likeness (QED) is 0.601. The minimum Gasteiger partial charge on any atom is -0.477 e. The normalized spacial score (nSPS) is 10.5. The molecule has 1 aromatic carbocycles. The van der Waals surface area contributed by atoms with E-state index < -0.39 is 5.97 Å². The molecule has 6 heteroatoms. The molecule has 0 aliphatic heterocycles. The van der Waals surface area contributed by atoms with E-state index in [9.17, 15) is 4.79 Å². The minimum absolute atomic E-state index is 0.332. The Hall–Kier alpha value is -3.15. The average Bonchev–Trinajstić information content (AvgIpc) is 3.04. The number of aryl methyl sites for hydroxylation is 1. The van der Waals surface area contributed by atoms with Gasteiger partial charge >= 0.3 is 5.97 Å². The third kappa shape index (κ3) is 4.27. The molecule has 6 nitrogen and oxygen atoms in total. The molecule has 3 aromatic rings. The number of pyridine rings is 1. The molecule has 26 heavy (non-hydrogen) atoms. The fraction of sp³-hybridized carbons (Fsp3) is 0.250. The molecule has 0 unspecified atom stereocenters. The molecule has 3 rings (SSSR count). The van der Waals surface area contributed by atoms with E-state index in [2.05, 4.69) is 9.97 Å². The molecule has 0 atom stereocenters. The highest BCUT2D eigenvalue weighted by atomic mass is 16.5. The summed E-state index contributed by atoms with van der Waals surface area (Å²) in [7, 11) is 0. The first-order valence-corrected chi connectivity index (χ1v) is 8.45. The zero-order valence-corrected chi connectivity index (χ0v) is 14.8. The average molecular weight is 352 g/mol. The second-order valence-electron chi connectivity index (χ2n) is 5.59. The fourth-order valence-electron chi connectivity index (χ4n) is 2.42. The van der Waals surface area contributed by atoms with E-state index in [1.807, 2.05) is 37.3 Å². The van der Waals surface area contributed by atoms with Crippen LogP contribution in [0.25, 0.3) is 11.5 Å². The molecule has 2 heterocycles. The summed E-state index contributed by atoms with van der Waals surface area (Å²) >= 11 is 0. The van der Waals surface area contributed by atoms with Crippen LogP contribution in [0, 0.1) is 6.92 Å². The summed E-state index contributed by atoms with van der Waals surface area (Å²) in [5.74, 6) is 1.44. The Kier molecular flexibility index (Phi) is 5.63. The monoisotopic (exact) mass is 352 g/mol. The lowest BCUT2D eigenvalue weighted by Crippen LogP contribution is -2.07. The van der Waals surface area contributed by atoms with Crippen molar-refractivity contribution in [1.82, 2.24) is 9.97 Å². The second-order valence-corrected chi connectivity index (χ2v) is 5.59. The molecule has 0 aliphatic rings. The van der Waals surface area contributed by atoms with Crippen molar-refractivity contribution in [1.29, 1.82) is 0 Å². The molecule has 0 saturated heterocycles. The lowest BCUT2D eigenvalue weighted by atomic mass is 10.2. The Labute approximate surface area is 151 Å². The Morgan fingerprint density at radius 2 is 1.96 bits per heavy atom. The maximum atomic E-state index is 11.6. The Morgan fingerprint density at radius 3 is 2.65 bits per heavy atom. The summed E-state index contributed by atoms with van der Waals surface area (Å²) in [6.45, 7) is 4.39. The summed E-state index contributed by atoms with van der Waals surface area (Å²) in [5, 5.41) is 0. The minimum atomic E-state index is -0.391. The fourth-order valence-corrected chi connectivity index (χ4v) is 2.42. The van der Waals surface area contributed by atoms with Gasteiger partial charge in [-0.2, -0.15) is 0 Å². The van der Waals surface area contributed by atoms with Crippen LogP contribution in [0.4, 0.5) is 0 Å². The van der Waals surface area contributed by atoms with Crippen LogP contribution in [-0.4, -0.2) is 29.2 Å². The van der Waals surface area contributed by atoms with Gasteiger partial charge in [-0.3, -0.25) is 0 Å². The van der Waals surface area contributed by atoms with Gasteiger partial charge in [0.25, 0.3) is 0 Å². The number of ether oxygens (including phenoxy) is 2. The summed E-state index contributed by atoms with van der Waals surface area (Å²) in [5.41, 5.74) is 2.20. The maximum Gasteiger partial charge on any atom is 0.339 e. The number of aromatic nitrogens is 2. The highest BCUT2D eigenvalue weighted by Crippen LogP contribution is 2.21. The maximum absolute atomic E-state index is 11.6. The third-order valence-corrected chi connectivity index (χ3v) is 3.75. The van der Waals surface area contributed by atoms with E-state index >= 15 is 0 Å². The van der Waals surface area contributed by atoms with Crippen LogP contribution < -0.4 is 4.74 Å². The first-order chi connectivity index (χ1) is 12.7. The molecule has 2 aromatic heterocycles. The van der Waals surface area contributed by atoms with E-state index in [1.165, 1.54) is 6.20 Å². The molecular formula is C20H20N2O4. The standard InChI is InChI=1S/C20H20N2O4/c1-3-24-20(23)16-9-10-18(21-13-16)25-12-11-17-14(2)26-19(22-17)15-7-5-4-6-8-15/h4-10,13H,3,11-12H2,1-2H3. The van der Waals surface area contributed by atoms with Crippen LogP contribution in [-0.2, 0) is 11.2 Å². The van der Waals surface area contributed by atoms with Gasteiger partial charge in [0.05, 0.1) is 24.5 Å². The number of carbonyl (C=O) groups is 1. The van der Waals surface area contributed by atoms with Gasteiger partial charge in [0, 0.05) is 24.2 Å².